The zero-order chi connectivity index (χ0) is 13.3. The van der Waals surface area contributed by atoms with Crippen molar-refractivity contribution >= 4 is 23.4 Å². The van der Waals surface area contributed by atoms with E-state index in [1.165, 1.54) is 0 Å². The zero-order valence-corrected chi connectivity index (χ0v) is 12.0. The molecule has 2 rings (SSSR count). The van der Waals surface area contributed by atoms with Crippen LogP contribution in [0.5, 0.6) is 0 Å². The number of nitrogens with two attached hydrogens (primary N) is 1. The fraction of sp³-hybridized carbons (Fsp3) is 0.500. The Morgan fingerprint density at radius 2 is 2.17 bits per heavy atom. The van der Waals surface area contributed by atoms with E-state index in [0.29, 0.717) is 16.5 Å². The van der Waals surface area contributed by atoms with Crippen molar-refractivity contribution in [2.24, 2.45) is 0 Å². The number of benzene rings is 1. The highest BCUT2D eigenvalue weighted by Gasteiger charge is 2.30. The molecule has 1 aromatic rings. The van der Waals surface area contributed by atoms with Crippen LogP contribution in [0.3, 0.4) is 0 Å². The summed E-state index contributed by atoms with van der Waals surface area (Å²) >= 11 is 1.92. The summed E-state index contributed by atoms with van der Waals surface area (Å²) in [5.41, 5.74) is 8.23. The highest BCUT2D eigenvalue weighted by molar-refractivity contribution is 8.00. The quantitative estimate of drug-likeness (QED) is 0.793. The van der Waals surface area contributed by atoms with Crippen molar-refractivity contribution < 1.29 is 4.79 Å². The van der Waals surface area contributed by atoms with E-state index in [-0.39, 0.29) is 11.9 Å². The van der Waals surface area contributed by atoms with E-state index in [2.05, 4.69) is 13.8 Å². The first-order valence-electron chi connectivity index (χ1n) is 6.30. The fourth-order valence-electron chi connectivity index (χ4n) is 2.24. The number of carbonyl (C=O) groups is 1. The molecule has 0 radical (unpaired) electrons. The molecule has 0 aliphatic carbocycles. The van der Waals surface area contributed by atoms with Crippen molar-refractivity contribution in [1.29, 1.82) is 0 Å². The predicted molar refractivity (Wildman–Crippen MR) is 78.0 cm³/mol. The van der Waals surface area contributed by atoms with E-state index in [0.717, 1.165) is 17.9 Å². The van der Waals surface area contributed by atoms with Crippen molar-refractivity contribution in [3.8, 4) is 0 Å². The largest absolute Gasteiger partial charge is 0.398 e. The maximum Gasteiger partial charge on any atom is 0.256 e. The molecule has 0 spiro atoms. The number of hydrogen-bond acceptors (Lipinski definition) is 3. The third-order valence-electron chi connectivity index (χ3n) is 3.70. The number of para-hydroxylation sites is 1. The number of nitrogens with zero attached hydrogens (tertiary/aromatic N) is 1. The Balaban J connectivity index is 2.28. The Bertz CT molecular complexity index is 461. The monoisotopic (exact) mass is 264 g/mol. The van der Waals surface area contributed by atoms with E-state index in [4.69, 9.17) is 5.73 Å². The number of thioether (sulfide) groups is 1. The Morgan fingerprint density at radius 3 is 2.89 bits per heavy atom. The van der Waals surface area contributed by atoms with Gasteiger partial charge in [0.25, 0.3) is 5.91 Å². The van der Waals surface area contributed by atoms with Crippen LogP contribution < -0.4 is 5.73 Å². The van der Waals surface area contributed by atoms with Gasteiger partial charge in [0.15, 0.2) is 0 Å². The molecule has 1 aliphatic rings. The Hall–Kier alpha value is -1.16. The Kier molecular flexibility index (Phi) is 3.85. The summed E-state index contributed by atoms with van der Waals surface area (Å²) in [5.74, 6) is 1.07. The molecule has 18 heavy (non-hydrogen) atoms. The molecular formula is C14H20N2OS. The van der Waals surface area contributed by atoms with Gasteiger partial charge in [-0.05, 0) is 25.5 Å². The van der Waals surface area contributed by atoms with Crippen LogP contribution in [-0.4, -0.2) is 34.4 Å². The minimum Gasteiger partial charge on any atom is -0.398 e. The molecule has 3 nitrogen and oxygen atoms in total. The second-order valence-electron chi connectivity index (χ2n) is 4.85. The highest BCUT2D eigenvalue weighted by Crippen LogP contribution is 2.27. The maximum atomic E-state index is 12.6. The van der Waals surface area contributed by atoms with E-state index in [1.54, 1.807) is 0 Å². The number of nitrogen functional groups attached to an aromatic ring is 1. The van der Waals surface area contributed by atoms with Crippen LogP contribution in [0.2, 0.25) is 0 Å². The molecule has 1 saturated heterocycles. The van der Waals surface area contributed by atoms with Crippen LogP contribution in [0, 0.1) is 6.92 Å². The summed E-state index contributed by atoms with van der Waals surface area (Å²) in [6.07, 6.45) is 0. The molecule has 1 aromatic carbocycles. The van der Waals surface area contributed by atoms with Gasteiger partial charge in [0.05, 0.1) is 5.56 Å². The van der Waals surface area contributed by atoms with E-state index in [9.17, 15) is 4.79 Å². The molecule has 4 heteroatoms. The van der Waals surface area contributed by atoms with Crippen LogP contribution in [0.25, 0.3) is 0 Å². The van der Waals surface area contributed by atoms with Crippen molar-refractivity contribution in [3.05, 3.63) is 29.3 Å². The van der Waals surface area contributed by atoms with Crippen LogP contribution in [-0.2, 0) is 0 Å². The molecule has 2 unspecified atom stereocenters. The maximum absolute atomic E-state index is 12.6. The average molecular weight is 264 g/mol. The lowest BCUT2D eigenvalue weighted by atomic mass is 10.1. The summed E-state index contributed by atoms with van der Waals surface area (Å²) in [5, 5.41) is 0.480. The average Bonchev–Trinajstić information content (AvgIpc) is 2.35. The van der Waals surface area contributed by atoms with E-state index in [1.807, 2.05) is 41.8 Å². The van der Waals surface area contributed by atoms with Crippen molar-refractivity contribution in [2.45, 2.75) is 32.1 Å². The predicted octanol–water partition coefficient (Wildman–Crippen LogP) is 2.54. The first-order valence-corrected chi connectivity index (χ1v) is 7.35. The number of carbonyl (C=O) groups excluding carboxylic acids is 1. The standard InChI is InChI=1S/C14H20N2OS/c1-9-5-4-6-12(13(9)15)14(17)16-7-8-18-11(3)10(16)2/h4-6,10-11H,7-8,15H2,1-3H3. The SMILES string of the molecule is Cc1cccc(C(=O)N2CCSC(C)C2C)c1N. The second kappa shape index (κ2) is 5.22. The molecule has 2 N–H and O–H groups in total. The summed E-state index contributed by atoms with van der Waals surface area (Å²) in [7, 11) is 0. The number of anilines is 1. The molecule has 98 valence electrons. The lowest BCUT2D eigenvalue weighted by molar-refractivity contribution is 0.0699. The summed E-state index contributed by atoms with van der Waals surface area (Å²) in [6, 6.07) is 5.91. The van der Waals surface area contributed by atoms with Crippen LogP contribution in [0.1, 0.15) is 29.8 Å². The summed E-state index contributed by atoms with van der Waals surface area (Å²) in [4.78, 5) is 14.5. The molecule has 1 heterocycles. The lowest BCUT2D eigenvalue weighted by Crippen LogP contribution is -2.48. The number of amides is 1. The van der Waals surface area contributed by atoms with Gasteiger partial charge in [0, 0.05) is 29.3 Å². The van der Waals surface area contributed by atoms with Gasteiger partial charge < -0.3 is 10.6 Å². The first-order chi connectivity index (χ1) is 8.52. The van der Waals surface area contributed by atoms with Gasteiger partial charge in [0.2, 0.25) is 0 Å². The molecule has 0 saturated carbocycles. The number of aryl methyl sites for hydroxylation is 1. The molecule has 1 aliphatic heterocycles. The van der Waals surface area contributed by atoms with Gasteiger partial charge in [0.1, 0.15) is 0 Å². The van der Waals surface area contributed by atoms with Gasteiger partial charge >= 0.3 is 0 Å². The van der Waals surface area contributed by atoms with Gasteiger partial charge in [-0.2, -0.15) is 11.8 Å². The third kappa shape index (κ3) is 2.34. The molecule has 2 atom stereocenters. The van der Waals surface area contributed by atoms with Gasteiger partial charge in [-0.1, -0.05) is 19.1 Å². The molecular weight excluding hydrogens is 244 g/mol. The van der Waals surface area contributed by atoms with Gasteiger partial charge in [-0.3, -0.25) is 4.79 Å². The zero-order valence-electron chi connectivity index (χ0n) is 11.1. The van der Waals surface area contributed by atoms with Crippen LogP contribution >= 0.6 is 11.8 Å². The topological polar surface area (TPSA) is 46.3 Å². The smallest absolute Gasteiger partial charge is 0.256 e. The second-order valence-corrected chi connectivity index (χ2v) is 6.34. The summed E-state index contributed by atoms with van der Waals surface area (Å²) in [6.45, 7) is 7.03. The number of rotatable bonds is 1. The van der Waals surface area contributed by atoms with Crippen molar-refractivity contribution in [1.82, 2.24) is 4.90 Å². The van der Waals surface area contributed by atoms with Crippen LogP contribution in [0.15, 0.2) is 18.2 Å². The third-order valence-corrected chi connectivity index (χ3v) is 5.04. The van der Waals surface area contributed by atoms with E-state index < -0.39 is 0 Å². The summed E-state index contributed by atoms with van der Waals surface area (Å²) < 4.78 is 0. The minimum absolute atomic E-state index is 0.0656. The molecule has 1 amide bonds. The van der Waals surface area contributed by atoms with Gasteiger partial charge in [-0.25, -0.2) is 0 Å². The lowest BCUT2D eigenvalue weighted by Gasteiger charge is -2.37. The molecule has 0 bridgehead atoms. The normalized spacial score (nSPS) is 24.1. The van der Waals surface area contributed by atoms with Crippen molar-refractivity contribution in [3.63, 3.8) is 0 Å². The fourth-order valence-corrected chi connectivity index (χ4v) is 3.34. The minimum atomic E-state index is 0.0656. The van der Waals surface area contributed by atoms with Gasteiger partial charge in [-0.15, -0.1) is 0 Å². The highest BCUT2D eigenvalue weighted by atomic mass is 32.2. The molecule has 0 aromatic heterocycles. The van der Waals surface area contributed by atoms with Crippen molar-refractivity contribution in [2.75, 3.05) is 18.0 Å². The van der Waals surface area contributed by atoms with E-state index >= 15 is 0 Å². The first kappa shape index (κ1) is 13.3. The molecule has 1 fully saturated rings. The number of hydrogen-bond donors (Lipinski definition) is 1. The Morgan fingerprint density at radius 1 is 1.44 bits per heavy atom. The van der Waals surface area contributed by atoms with Crippen LogP contribution in [0.4, 0.5) is 5.69 Å². The Labute approximate surface area is 113 Å².